The van der Waals surface area contributed by atoms with Crippen LogP contribution in [0.25, 0.3) is 33.3 Å². The summed E-state index contributed by atoms with van der Waals surface area (Å²) in [6.45, 7) is 1.77. The first-order valence-corrected chi connectivity index (χ1v) is 11.1. The number of nitrogens with zero attached hydrogens (tertiary/aromatic N) is 5. The van der Waals surface area contributed by atoms with Crippen molar-refractivity contribution in [3.8, 4) is 22.4 Å². The van der Waals surface area contributed by atoms with E-state index in [0.717, 1.165) is 46.5 Å². The fourth-order valence-electron chi connectivity index (χ4n) is 3.85. The van der Waals surface area contributed by atoms with E-state index in [9.17, 15) is 4.39 Å². The Labute approximate surface area is 197 Å². The zero-order chi connectivity index (χ0) is 23.5. The molecule has 0 saturated heterocycles. The Bertz CT molecular complexity index is 1440. The lowest BCUT2D eigenvalue weighted by Crippen LogP contribution is -2.18. The van der Waals surface area contributed by atoms with Gasteiger partial charge < -0.3 is 10.2 Å². The summed E-state index contributed by atoms with van der Waals surface area (Å²) in [4.78, 5) is 11.1. The predicted octanol–water partition coefficient (Wildman–Crippen LogP) is 5.60. The van der Waals surface area contributed by atoms with Crippen LogP contribution in [0.4, 0.5) is 15.8 Å². The van der Waals surface area contributed by atoms with Gasteiger partial charge in [-0.05, 0) is 56.1 Å². The lowest BCUT2D eigenvalue weighted by Gasteiger charge is -2.11. The van der Waals surface area contributed by atoms with Gasteiger partial charge in [0.15, 0.2) is 0 Å². The summed E-state index contributed by atoms with van der Waals surface area (Å²) >= 11 is 0. The molecule has 0 aliphatic heterocycles. The molecule has 1 N–H and O–H groups in total. The molecule has 3 aromatic heterocycles. The summed E-state index contributed by atoms with van der Waals surface area (Å²) in [5.74, 6) is -0.293. The first kappa shape index (κ1) is 21.7. The van der Waals surface area contributed by atoms with Crippen LogP contribution in [0.2, 0.25) is 0 Å². The highest BCUT2D eigenvalue weighted by atomic mass is 19.1. The quantitative estimate of drug-likeness (QED) is 0.348. The topological polar surface area (TPSA) is 58.9 Å². The number of anilines is 2. The minimum Gasteiger partial charge on any atom is -0.355 e. The number of likely N-dealkylation sites (N-methyl/N-ethyl adjacent to an activating group) is 1. The van der Waals surface area contributed by atoms with Gasteiger partial charge in [-0.15, -0.1) is 0 Å². The molecule has 0 aliphatic carbocycles. The van der Waals surface area contributed by atoms with Crippen molar-refractivity contribution in [1.82, 2.24) is 24.6 Å². The number of fused-ring (bicyclic) bond motifs is 1. The molecule has 0 amide bonds. The van der Waals surface area contributed by atoms with Crippen molar-refractivity contribution >= 4 is 22.3 Å². The molecule has 0 aliphatic rings. The molecule has 170 valence electrons. The molecule has 5 aromatic rings. The molecule has 0 atom stereocenters. The number of rotatable bonds is 7. The van der Waals surface area contributed by atoms with Crippen molar-refractivity contribution in [1.29, 1.82) is 0 Å². The molecular weight excluding hydrogens is 427 g/mol. The fraction of sp³-hybridized carbons (Fsp3) is 0.148. The molecular formula is C27H25FN6. The Morgan fingerprint density at radius 2 is 1.79 bits per heavy atom. The van der Waals surface area contributed by atoms with E-state index >= 15 is 0 Å². The highest BCUT2D eigenvalue weighted by molar-refractivity contribution is 5.95. The first-order valence-electron chi connectivity index (χ1n) is 11.1. The molecule has 7 heteroatoms. The summed E-state index contributed by atoms with van der Waals surface area (Å²) < 4.78 is 16.2. The van der Waals surface area contributed by atoms with E-state index in [1.54, 1.807) is 30.6 Å². The van der Waals surface area contributed by atoms with Crippen LogP contribution in [0.15, 0.2) is 85.5 Å². The third-order valence-corrected chi connectivity index (χ3v) is 5.67. The number of aromatic nitrogens is 4. The maximum atomic E-state index is 14.2. The SMILES string of the molecule is CN(C)CCn1cc(-c2ccc3c(Nc4ccnc(-c5ccccc5F)c4)ccnc3c2)cn1. The molecule has 0 spiro atoms. The van der Waals surface area contributed by atoms with Gasteiger partial charge in [0.1, 0.15) is 5.82 Å². The second kappa shape index (κ2) is 9.41. The predicted molar refractivity (Wildman–Crippen MR) is 134 cm³/mol. The van der Waals surface area contributed by atoms with E-state index in [1.165, 1.54) is 6.07 Å². The van der Waals surface area contributed by atoms with Gasteiger partial charge >= 0.3 is 0 Å². The monoisotopic (exact) mass is 452 g/mol. The summed E-state index contributed by atoms with van der Waals surface area (Å²) in [7, 11) is 4.11. The number of hydrogen-bond donors (Lipinski definition) is 1. The van der Waals surface area contributed by atoms with Gasteiger partial charge in [-0.2, -0.15) is 5.10 Å². The Hall–Kier alpha value is -4.10. The zero-order valence-corrected chi connectivity index (χ0v) is 19.1. The Kier molecular flexibility index (Phi) is 6.01. The summed E-state index contributed by atoms with van der Waals surface area (Å²) in [6, 6.07) is 18.5. The van der Waals surface area contributed by atoms with Gasteiger partial charge in [-0.1, -0.05) is 24.3 Å². The molecule has 6 nitrogen and oxygen atoms in total. The normalized spacial score (nSPS) is 11.3. The average molecular weight is 453 g/mol. The Morgan fingerprint density at radius 1 is 0.941 bits per heavy atom. The molecule has 0 saturated carbocycles. The number of nitrogens with one attached hydrogen (secondary N) is 1. The van der Waals surface area contributed by atoms with Crippen LogP contribution in [0.5, 0.6) is 0 Å². The van der Waals surface area contributed by atoms with Gasteiger partial charge in [0.2, 0.25) is 0 Å². The van der Waals surface area contributed by atoms with Crippen LogP contribution in [-0.2, 0) is 6.54 Å². The van der Waals surface area contributed by atoms with Gasteiger partial charge in [-0.3, -0.25) is 14.6 Å². The number of pyridine rings is 2. The number of halogens is 1. The third-order valence-electron chi connectivity index (χ3n) is 5.67. The lowest BCUT2D eigenvalue weighted by atomic mass is 10.1. The maximum Gasteiger partial charge on any atom is 0.132 e. The van der Waals surface area contributed by atoms with Gasteiger partial charge in [0.05, 0.1) is 24.0 Å². The van der Waals surface area contributed by atoms with Gasteiger partial charge in [-0.25, -0.2) is 4.39 Å². The average Bonchev–Trinajstić information content (AvgIpc) is 3.32. The second-order valence-electron chi connectivity index (χ2n) is 8.42. The van der Waals surface area contributed by atoms with Crippen molar-refractivity contribution in [2.75, 3.05) is 26.0 Å². The van der Waals surface area contributed by atoms with E-state index in [-0.39, 0.29) is 5.82 Å². The van der Waals surface area contributed by atoms with Crippen LogP contribution in [-0.4, -0.2) is 45.3 Å². The van der Waals surface area contributed by atoms with Crippen LogP contribution in [0.1, 0.15) is 0 Å². The fourth-order valence-corrected chi connectivity index (χ4v) is 3.85. The van der Waals surface area contributed by atoms with Gasteiger partial charge in [0, 0.05) is 53.0 Å². The standard InChI is InChI=1S/C27H25FN6/c1-33(2)13-14-34-18-20(17-31-34)19-7-8-23-25(10-12-30-26(23)15-19)32-21-9-11-29-27(16-21)22-5-3-4-6-24(22)28/h3-12,15-18H,13-14H2,1-2H3,(H,29,30,32). The van der Waals surface area contributed by atoms with Crippen LogP contribution in [0, 0.1) is 5.82 Å². The summed E-state index contributed by atoms with van der Waals surface area (Å²) in [5, 5.41) is 8.92. The number of benzene rings is 2. The zero-order valence-electron chi connectivity index (χ0n) is 19.1. The first-order chi connectivity index (χ1) is 16.6. The molecule has 3 heterocycles. The third kappa shape index (κ3) is 4.65. The second-order valence-corrected chi connectivity index (χ2v) is 8.42. The number of hydrogen-bond acceptors (Lipinski definition) is 5. The van der Waals surface area contributed by atoms with E-state index in [4.69, 9.17) is 0 Å². The van der Waals surface area contributed by atoms with E-state index in [2.05, 4.69) is 63.8 Å². The molecule has 0 unspecified atom stereocenters. The van der Waals surface area contributed by atoms with Crippen molar-refractivity contribution < 1.29 is 4.39 Å². The lowest BCUT2D eigenvalue weighted by molar-refractivity contribution is 0.373. The van der Waals surface area contributed by atoms with Crippen molar-refractivity contribution in [3.05, 3.63) is 91.3 Å². The molecule has 2 aromatic carbocycles. The smallest absolute Gasteiger partial charge is 0.132 e. The molecule has 5 rings (SSSR count). The summed E-state index contributed by atoms with van der Waals surface area (Å²) in [5.41, 5.74) is 5.81. The van der Waals surface area contributed by atoms with Crippen molar-refractivity contribution in [2.45, 2.75) is 6.54 Å². The minimum atomic E-state index is -0.293. The van der Waals surface area contributed by atoms with Crippen molar-refractivity contribution in [2.24, 2.45) is 0 Å². The Morgan fingerprint density at radius 3 is 2.65 bits per heavy atom. The molecule has 0 radical (unpaired) electrons. The van der Waals surface area contributed by atoms with Crippen LogP contribution >= 0.6 is 0 Å². The summed E-state index contributed by atoms with van der Waals surface area (Å²) in [6.07, 6.45) is 7.42. The van der Waals surface area contributed by atoms with Crippen LogP contribution in [0.3, 0.4) is 0 Å². The largest absolute Gasteiger partial charge is 0.355 e. The Balaban J connectivity index is 1.41. The highest BCUT2D eigenvalue weighted by Gasteiger charge is 2.09. The minimum absolute atomic E-state index is 0.293. The molecule has 0 bridgehead atoms. The van der Waals surface area contributed by atoms with E-state index in [1.807, 2.05) is 29.1 Å². The van der Waals surface area contributed by atoms with E-state index < -0.39 is 0 Å². The molecule has 0 fully saturated rings. The highest BCUT2D eigenvalue weighted by Crippen LogP contribution is 2.30. The van der Waals surface area contributed by atoms with E-state index in [0.29, 0.717) is 11.3 Å². The van der Waals surface area contributed by atoms with Crippen molar-refractivity contribution in [3.63, 3.8) is 0 Å². The maximum absolute atomic E-state index is 14.2. The van der Waals surface area contributed by atoms with Gasteiger partial charge in [0.25, 0.3) is 0 Å². The van der Waals surface area contributed by atoms with Crippen LogP contribution < -0.4 is 5.32 Å². The molecule has 34 heavy (non-hydrogen) atoms.